The zero-order chi connectivity index (χ0) is 42.3. The third-order valence-corrected chi connectivity index (χ3v) is 11.1. The summed E-state index contributed by atoms with van der Waals surface area (Å²) in [6.45, 7) is 1.78. The number of carbonyl (C=O) groups is 2. The quantitative estimate of drug-likeness (QED) is 0.0196. The zero-order valence-electron chi connectivity index (χ0n) is 35.7. The average Bonchev–Trinajstić information content (AvgIpc) is 3.17. The molecule has 0 aromatic carbocycles. The number of allylic oxidation sites excluding steroid dienone is 2. The van der Waals surface area contributed by atoms with E-state index in [0.717, 1.165) is 44.9 Å². The molecule has 0 rings (SSSR count). The van der Waals surface area contributed by atoms with Gasteiger partial charge in [-0.2, -0.15) is 0 Å². The van der Waals surface area contributed by atoms with Crippen LogP contribution in [0.25, 0.3) is 0 Å². The van der Waals surface area contributed by atoms with Gasteiger partial charge in [0.15, 0.2) is 6.10 Å². The number of hydrogen-bond donors (Lipinski definition) is 4. The Morgan fingerprint density at radius 2 is 0.860 bits per heavy atom. The molecule has 0 saturated heterocycles. The first-order chi connectivity index (χ1) is 27.4. The molecule has 0 heterocycles. The average molecular weight is 857 g/mol. The van der Waals surface area contributed by atoms with Gasteiger partial charge < -0.3 is 29.3 Å². The van der Waals surface area contributed by atoms with E-state index in [9.17, 15) is 28.7 Å². The van der Waals surface area contributed by atoms with Crippen molar-refractivity contribution >= 4 is 27.6 Å². The van der Waals surface area contributed by atoms with Crippen LogP contribution < -0.4 is 0 Å². The molecule has 0 aromatic rings. The Morgan fingerprint density at radius 1 is 0.491 bits per heavy atom. The molecule has 0 spiro atoms. The van der Waals surface area contributed by atoms with Crippen molar-refractivity contribution in [1.29, 1.82) is 0 Å². The molecular formula is C42H82O13P2. The molecule has 0 saturated carbocycles. The highest BCUT2D eigenvalue weighted by molar-refractivity contribution is 7.47. The third-order valence-electron chi connectivity index (χ3n) is 9.64. The van der Waals surface area contributed by atoms with Gasteiger partial charge in [0.25, 0.3) is 0 Å². The molecule has 13 nitrogen and oxygen atoms in total. The Morgan fingerprint density at radius 3 is 1.32 bits per heavy atom. The van der Waals surface area contributed by atoms with E-state index in [-0.39, 0.29) is 19.4 Å². The molecule has 0 bridgehead atoms. The number of unbranched alkanes of at least 4 members (excludes halogenated alkanes) is 25. The Hall–Kier alpha value is -1.14. The fourth-order valence-electron chi connectivity index (χ4n) is 6.23. The minimum Gasteiger partial charge on any atom is -0.462 e. The summed E-state index contributed by atoms with van der Waals surface area (Å²) in [7, 11) is -9.66. The number of rotatable bonds is 43. The number of aliphatic hydroxyl groups excluding tert-OH is 1. The molecule has 0 fully saturated rings. The second-order valence-corrected chi connectivity index (χ2v) is 18.0. The predicted molar refractivity (Wildman–Crippen MR) is 226 cm³/mol. The maximum atomic E-state index is 12.7. The minimum absolute atomic E-state index is 0.136. The van der Waals surface area contributed by atoms with Crippen LogP contribution in [0.3, 0.4) is 0 Å². The topological polar surface area (TPSA) is 195 Å². The van der Waals surface area contributed by atoms with Crippen molar-refractivity contribution < 1.29 is 61.6 Å². The molecule has 0 aliphatic heterocycles. The maximum Gasteiger partial charge on any atom is 0.472 e. The van der Waals surface area contributed by atoms with Crippen molar-refractivity contribution in [3.63, 3.8) is 0 Å². The standard InChI is InChI=1S/C42H82O13P2/c1-3-5-7-9-11-13-15-17-19-21-23-25-27-29-31-33-41(44)51-37-40(38-54-57(49,50)53-36-39(43)35-52-56(46,47)48)55-42(45)34-32-30-28-26-24-22-20-18-16-14-12-10-8-6-4-2/h13,15,39-40,43H,3-12,14,16-38H2,1-2H3,(H,49,50)(H2,46,47,48)/b15-13-/t39-,40+/m0/s1. The second-order valence-electron chi connectivity index (χ2n) is 15.3. The lowest BCUT2D eigenvalue weighted by Gasteiger charge is -2.20. The van der Waals surface area contributed by atoms with Crippen molar-refractivity contribution in [2.24, 2.45) is 0 Å². The van der Waals surface area contributed by atoms with Gasteiger partial charge in [0.2, 0.25) is 0 Å². The van der Waals surface area contributed by atoms with Crippen LogP contribution in [-0.4, -0.2) is 70.4 Å². The van der Waals surface area contributed by atoms with Gasteiger partial charge in [0, 0.05) is 12.8 Å². The number of phosphoric acid groups is 2. The lowest BCUT2D eigenvalue weighted by Crippen LogP contribution is -2.30. The van der Waals surface area contributed by atoms with Gasteiger partial charge in [0.1, 0.15) is 12.7 Å². The Kier molecular flexibility index (Phi) is 38.2. The number of esters is 2. The van der Waals surface area contributed by atoms with E-state index in [1.807, 2.05) is 0 Å². The number of carbonyl (C=O) groups excluding carboxylic acids is 2. The highest BCUT2D eigenvalue weighted by Gasteiger charge is 2.28. The number of aliphatic hydroxyl groups is 1. The lowest BCUT2D eigenvalue weighted by molar-refractivity contribution is -0.161. The summed E-state index contributed by atoms with van der Waals surface area (Å²) in [6, 6.07) is 0. The molecule has 0 radical (unpaired) electrons. The van der Waals surface area contributed by atoms with Gasteiger partial charge in [-0.05, 0) is 38.5 Å². The summed E-state index contributed by atoms with van der Waals surface area (Å²) < 4.78 is 47.8. The summed E-state index contributed by atoms with van der Waals surface area (Å²) in [5.74, 6) is -1.02. The molecule has 15 heteroatoms. The molecule has 0 aliphatic rings. The van der Waals surface area contributed by atoms with Crippen molar-refractivity contribution in [3.8, 4) is 0 Å². The molecule has 0 amide bonds. The van der Waals surface area contributed by atoms with E-state index < -0.39 is 59.6 Å². The van der Waals surface area contributed by atoms with E-state index in [2.05, 4.69) is 35.0 Å². The summed E-state index contributed by atoms with van der Waals surface area (Å²) >= 11 is 0. The molecule has 3 atom stereocenters. The van der Waals surface area contributed by atoms with Gasteiger partial charge in [-0.25, -0.2) is 9.13 Å². The Balaban J connectivity index is 4.48. The van der Waals surface area contributed by atoms with Gasteiger partial charge in [-0.15, -0.1) is 0 Å². The Labute approximate surface area is 345 Å². The molecule has 0 aromatic heterocycles. The van der Waals surface area contributed by atoms with Gasteiger partial charge in [-0.3, -0.25) is 23.2 Å². The maximum absolute atomic E-state index is 12.7. The van der Waals surface area contributed by atoms with Crippen LogP contribution >= 0.6 is 15.6 Å². The summed E-state index contributed by atoms with van der Waals surface area (Å²) in [5, 5.41) is 9.74. The van der Waals surface area contributed by atoms with Crippen molar-refractivity contribution in [1.82, 2.24) is 0 Å². The van der Waals surface area contributed by atoms with Gasteiger partial charge >= 0.3 is 27.6 Å². The molecule has 1 unspecified atom stereocenters. The van der Waals surface area contributed by atoms with Gasteiger partial charge in [0.05, 0.1) is 19.8 Å². The zero-order valence-corrected chi connectivity index (χ0v) is 37.5. The van der Waals surface area contributed by atoms with Gasteiger partial charge in [-0.1, -0.05) is 167 Å². The molecule has 0 aliphatic carbocycles. The fraction of sp³-hybridized carbons (Fsp3) is 0.905. The van der Waals surface area contributed by atoms with Crippen LogP contribution in [0.4, 0.5) is 0 Å². The minimum atomic E-state index is -4.86. The lowest BCUT2D eigenvalue weighted by atomic mass is 10.0. The first kappa shape index (κ1) is 55.9. The van der Waals surface area contributed by atoms with Crippen molar-refractivity contribution in [2.75, 3.05) is 26.4 Å². The Bertz CT molecular complexity index is 1070. The van der Waals surface area contributed by atoms with Crippen molar-refractivity contribution in [2.45, 2.75) is 219 Å². The second kappa shape index (κ2) is 39.0. The largest absolute Gasteiger partial charge is 0.472 e. The van der Waals surface area contributed by atoms with Crippen LogP contribution in [0.2, 0.25) is 0 Å². The highest BCUT2D eigenvalue weighted by Crippen LogP contribution is 2.43. The van der Waals surface area contributed by atoms with Crippen LogP contribution in [0.5, 0.6) is 0 Å². The predicted octanol–water partition coefficient (Wildman–Crippen LogP) is 11.3. The molecule has 338 valence electrons. The monoisotopic (exact) mass is 857 g/mol. The summed E-state index contributed by atoms with van der Waals surface area (Å²) in [5.41, 5.74) is 0. The molecule has 4 N–H and O–H groups in total. The van der Waals surface area contributed by atoms with E-state index in [4.69, 9.17) is 23.8 Å². The number of phosphoric ester groups is 2. The normalized spacial score (nSPS) is 14.1. The van der Waals surface area contributed by atoms with Crippen molar-refractivity contribution in [3.05, 3.63) is 12.2 Å². The van der Waals surface area contributed by atoms with Crippen LogP contribution in [-0.2, 0) is 41.8 Å². The van der Waals surface area contributed by atoms with Crippen LogP contribution in [0.15, 0.2) is 12.2 Å². The van der Waals surface area contributed by atoms with E-state index in [1.165, 1.54) is 122 Å². The molecular weight excluding hydrogens is 774 g/mol. The summed E-state index contributed by atoms with van der Waals surface area (Å²) in [6.07, 6.45) is 34.8. The highest BCUT2D eigenvalue weighted by atomic mass is 31.2. The number of hydrogen-bond acceptors (Lipinski definition) is 10. The smallest absolute Gasteiger partial charge is 0.462 e. The van der Waals surface area contributed by atoms with E-state index in [0.29, 0.717) is 12.8 Å². The summed E-state index contributed by atoms with van der Waals surface area (Å²) in [4.78, 5) is 52.7. The first-order valence-electron chi connectivity index (χ1n) is 22.4. The van der Waals surface area contributed by atoms with E-state index >= 15 is 0 Å². The van der Waals surface area contributed by atoms with Crippen LogP contribution in [0, 0.1) is 0 Å². The van der Waals surface area contributed by atoms with E-state index in [1.54, 1.807) is 0 Å². The fourth-order valence-corrected chi connectivity index (χ4v) is 7.38. The van der Waals surface area contributed by atoms with Crippen LogP contribution in [0.1, 0.15) is 206 Å². The third kappa shape index (κ3) is 42.8. The SMILES string of the molecule is CCCCCC/C=C\CCCCCCCCCC(=O)OC[C@H](COP(=O)(O)OC[C@@H](O)COP(=O)(O)O)OC(=O)CCCCCCCCCCCCCCCCC. The first-order valence-corrected chi connectivity index (χ1v) is 25.4. The number of ether oxygens (including phenoxy) is 2. The molecule has 57 heavy (non-hydrogen) atoms.